The fraction of sp³-hybridized carbons (Fsp3) is 0.214. The van der Waals surface area contributed by atoms with Crippen LogP contribution in [-0.4, -0.2) is 12.1 Å². The number of aromatic nitrogens is 1. The summed E-state index contributed by atoms with van der Waals surface area (Å²) in [4.78, 5) is 4.16. The molecule has 2 rings (SSSR count). The van der Waals surface area contributed by atoms with Crippen molar-refractivity contribution in [3.05, 3.63) is 57.3 Å². The van der Waals surface area contributed by atoms with Gasteiger partial charge in [0.2, 0.25) is 0 Å². The van der Waals surface area contributed by atoms with Gasteiger partial charge in [-0.25, -0.2) is 0 Å². The lowest BCUT2D eigenvalue weighted by atomic mass is 10.00. The van der Waals surface area contributed by atoms with E-state index in [0.29, 0.717) is 11.4 Å². The SMILES string of the molecule is COc1ccc(Cl)cc1CC(NN)c1cncc(Br)c1. The number of methoxy groups -OCH3 is 1. The molecule has 0 radical (unpaired) electrons. The van der Waals surface area contributed by atoms with Gasteiger partial charge in [0.15, 0.2) is 0 Å². The van der Waals surface area contributed by atoms with Gasteiger partial charge < -0.3 is 4.74 Å². The zero-order valence-electron chi connectivity index (χ0n) is 10.9. The third-order valence-corrected chi connectivity index (χ3v) is 3.66. The van der Waals surface area contributed by atoms with Crippen LogP contribution >= 0.6 is 27.5 Å². The molecule has 0 saturated carbocycles. The molecule has 0 fully saturated rings. The predicted octanol–water partition coefficient (Wildman–Crippen LogP) is 3.25. The van der Waals surface area contributed by atoms with Crippen molar-refractivity contribution in [2.75, 3.05) is 7.11 Å². The summed E-state index contributed by atoms with van der Waals surface area (Å²) < 4.78 is 6.26. The highest BCUT2D eigenvalue weighted by molar-refractivity contribution is 9.10. The van der Waals surface area contributed by atoms with Gasteiger partial charge in [-0.05, 0) is 57.7 Å². The summed E-state index contributed by atoms with van der Waals surface area (Å²) in [5.74, 6) is 6.45. The van der Waals surface area contributed by atoms with E-state index in [2.05, 4.69) is 26.3 Å². The van der Waals surface area contributed by atoms with Crippen molar-refractivity contribution >= 4 is 27.5 Å². The number of rotatable bonds is 5. The van der Waals surface area contributed by atoms with Gasteiger partial charge in [0.25, 0.3) is 0 Å². The maximum atomic E-state index is 6.04. The molecule has 4 nitrogen and oxygen atoms in total. The van der Waals surface area contributed by atoms with Gasteiger partial charge in [-0.3, -0.25) is 16.3 Å². The van der Waals surface area contributed by atoms with E-state index in [9.17, 15) is 0 Å². The van der Waals surface area contributed by atoms with Crippen LogP contribution in [0.25, 0.3) is 0 Å². The predicted molar refractivity (Wildman–Crippen MR) is 83.7 cm³/mol. The molecule has 1 heterocycles. The molecule has 1 unspecified atom stereocenters. The monoisotopic (exact) mass is 355 g/mol. The molecule has 106 valence electrons. The molecule has 1 aromatic carbocycles. The molecule has 3 N–H and O–H groups in total. The molecule has 0 saturated heterocycles. The van der Waals surface area contributed by atoms with Crippen molar-refractivity contribution < 1.29 is 4.74 Å². The second-order valence-electron chi connectivity index (χ2n) is 4.32. The Labute approximate surface area is 131 Å². The smallest absolute Gasteiger partial charge is 0.122 e. The molecule has 0 spiro atoms. The van der Waals surface area contributed by atoms with Crippen LogP contribution in [0.2, 0.25) is 5.02 Å². The highest BCUT2D eigenvalue weighted by Gasteiger charge is 2.14. The largest absolute Gasteiger partial charge is 0.496 e. The molecule has 0 aliphatic heterocycles. The third-order valence-electron chi connectivity index (χ3n) is 3.00. The normalized spacial score (nSPS) is 12.2. The average Bonchev–Trinajstić information content (AvgIpc) is 2.45. The van der Waals surface area contributed by atoms with Crippen molar-refractivity contribution in [2.45, 2.75) is 12.5 Å². The minimum absolute atomic E-state index is 0.0765. The van der Waals surface area contributed by atoms with E-state index in [-0.39, 0.29) is 6.04 Å². The quantitative estimate of drug-likeness (QED) is 0.638. The number of nitrogens with two attached hydrogens (primary N) is 1. The van der Waals surface area contributed by atoms with Gasteiger partial charge in [0, 0.05) is 21.9 Å². The van der Waals surface area contributed by atoms with Crippen molar-refractivity contribution in [2.24, 2.45) is 5.84 Å². The van der Waals surface area contributed by atoms with E-state index in [1.165, 1.54) is 0 Å². The Morgan fingerprint density at radius 2 is 2.20 bits per heavy atom. The van der Waals surface area contributed by atoms with Gasteiger partial charge in [0.05, 0.1) is 13.2 Å². The zero-order valence-corrected chi connectivity index (χ0v) is 13.3. The first-order valence-electron chi connectivity index (χ1n) is 6.03. The number of nitrogens with zero attached hydrogens (tertiary/aromatic N) is 1. The van der Waals surface area contributed by atoms with E-state index >= 15 is 0 Å². The van der Waals surface area contributed by atoms with E-state index in [1.54, 1.807) is 25.6 Å². The Hall–Kier alpha value is -1.14. The Morgan fingerprint density at radius 3 is 2.85 bits per heavy atom. The number of pyridine rings is 1. The Kier molecular flexibility index (Phi) is 5.37. The molecule has 0 aliphatic rings. The lowest BCUT2D eigenvalue weighted by Gasteiger charge is -2.18. The van der Waals surface area contributed by atoms with Crippen LogP contribution in [0.5, 0.6) is 5.75 Å². The molecule has 0 aliphatic carbocycles. The molecule has 20 heavy (non-hydrogen) atoms. The second kappa shape index (κ2) is 7.04. The number of hydrazine groups is 1. The van der Waals surface area contributed by atoms with Gasteiger partial charge in [-0.15, -0.1) is 0 Å². The molecule has 0 bridgehead atoms. The summed E-state index contributed by atoms with van der Waals surface area (Å²) in [6, 6.07) is 7.44. The number of halogens is 2. The lowest BCUT2D eigenvalue weighted by molar-refractivity contribution is 0.405. The molecule has 6 heteroatoms. The van der Waals surface area contributed by atoms with Gasteiger partial charge in [-0.2, -0.15) is 0 Å². The summed E-state index contributed by atoms with van der Waals surface area (Å²) in [6.07, 6.45) is 4.17. The maximum absolute atomic E-state index is 6.04. The van der Waals surface area contributed by atoms with Crippen LogP contribution in [-0.2, 0) is 6.42 Å². The standard InChI is InChI=1S/C14H15BrClN3O/c1-20-14-3-2-12(16)5-9(14)6-13(19-17)10-4-11(15)8-18-7-10/h2-5,7-8,13,19H,6,17H2,1H3. The summed E-state index contributed by atoms with van der Waals surface area (Å²) in [6.45, 7) is 0. The van der Waals surface area contributed by atoms with E-state index in [4.69, 9.17) is 22.2 Å². The number of benzene rings is 1. The number of nitrogens with one attached hydrogen (secondary N) is 1. The van der Waals surface area contributed by atoms with E-state index in [0.717, 1.165) is 21.3 Å². The maximum Gasteiger partial charge on any atom is 0.122 e. The minimum atomic E-state index is -0.0765. The van der Waals surface area contributed by atoms with Gasteiger partial charge in [0.1, 0.15) is 5.75 Å². The topological polar surface area (TPSA) is 60.2 Å². The second-order valence-corrected chi connectivity index (χ2v) is 5.67. The van der Waals surface area contributed by atoms with Crippen LogP contribution in [0.1, 0.15) is 17.2 Å². The highest BCUT2D eigenvalue weighted by Crippen LogP contribution is 2.28. The van der Waals surface area contributed by atoms with Crippen LogP contribution in [0.3, 0.4) is 0 Å². The first-order valence-corrected chi connectivity index (χ1v) is 7.20. The number of ether oxygens (including phenoxy) is 1. The molecule has 2 aromatic rings. The van der Waals surface area contributed by atoms with E-state index < -0.39 is 0 Å². The van der Waals surface area contributed by atoms with Gasteiger partial charge >= 0.3 is 0 Å². The fourth-order valence-corrected chi connectivity index (χ4v) is 2.60. The third kappa shape index (κ3) is 3.70. The zero-order chi connectivity index (χ0) is 14.5. The Bertz CT molecular complexity index is 594. The van der Waals surface area contributed by atoms with Gasteiger partial charge in [-0.1, -0.05) is 11.6 Å². The van der Waals surface area contributed by atoms with Crippen molar-refractivity contribution in [3.8, 4) is 5.75 Å². The van der Waals surface area contributed by atoms with E-state index in [1.807, 2.05) is 18.2 Å². The number of hydrogen-bond acceptors (Lipinski definition) is 4. The first-order chi connectivity index (χ1) is 9.63. The molecular formula is C14H15BrClN3O. The van der Waals surface area contributed by atoms with Crippen molar-refractivity contribution in [1.82, 2.24) is 10.4 Å². The molecular weight excluding hydrogens is 342 g/mol. The van der Waals surface area contributed by atoms with Crippen LogP contribution in [0.15, 0.2) is 41.1 Å². The van der Waals surface area contributed by atoms with Crippen LogP contribution in [0.4, 0.5) is 0 Å². The molecule has 1 atom stereocenters. The van der Waals surface area contributed by atoms with Crippen LogP contribution < -0.4 is 16.0 Å². The highest BCUT2D eigenvalue weighted by atomic mass is 79.9. The van der Waals surface area contributed by atoms with Crippen molar-refractivity contribution in [1.29, 1.82) is 0 Å². The minimum Gasteiger partial charge on any atom is -0.496 e. The number of hydrogen-bond donors (Lipinski definition) is 2. The Morgan fingerprint density at radius 1 is 1.40 bits per heavy atom. The summed E-state index contributed by atoms with van der Waals surface area (Å²) >= 11 is 9.45. The first kappa shape index (κ1) is 15.3. The van der Waals surface area contributed by atoms with Crippen molar-refractivity contribution in [3.63, 3.8) is 0 Å². The summed E-state index contributed by atoms with van der Waals surface area (Å²) in [5, 5.41) is 0.670. The lowest BCUT2D eigenvalue weighted by Crippen LogP contribution is -2.29. The molecule has 1 aromatic heterocycles. The summed E-state index contributed by atoms with van der Waals surface area (Å²) in [5.41, 5.74) is 4.78. The molecule has 0 amide bonds. The fourth-order valence-electron chi connectivity index (χ4n) is 2.02. The Balaban J connectivity index is 2.28. The summed E-state index contributed by atoms with van der Waals surface area (Å²) in [7, 11) is 1.64. The van der Waals surface area contributed by atoms with Crippen LogP contribution in [0, 0.1) is 0 Å². The average molecular weight is 357 g/mol.